The first-order chi connectivity index (χ1) is 5.68. The zero-order chi connectivity index (χ0) is 11.1. The number of rotatable bonds is 3. The summed E-state index contributed by atoms with van der Waals surface area (Å²) < 4.78 is 31.6. The molecule has 0 aromatic rings. The van der Waals surface area contributed by atoms with Crippen molar-refractivity contribution in [2.24, 2.45) is 17.5 Å². The van der Waals surface area contributed by atoms with E-state index in [1.165, 1.54) is 0 Å². The van der Waals surface area contributed by atoms with E-state index in [1.807, 2.05) is 13.8 Å². The van der Waals surface area contributed by atoms with Gasteiger partial charge in [0.1, 0.15) is 0 Å². The molecule has 0 aromatic heterocycles. The van der Waals surface area contributed by atoms with Gasteiger partial charge >= 0.3 is 10.4 Å². The van der Waals surface area contributed by atoms with Crippen LogP contribution in [0.25, 0.3) is 0 Å². The molecular weight excluding hydrogens is 200 g/mol. The molecule has 0 bridgehead atoms. The molecule has 2 atom stereocenters. The molecule has 13 heavy (non-hydrogen) atoms. The molecule has 2 unspecified atom stereocenters. The Hall–Kier alpha value is -0.250. The predicted molar refractivity (Wildman–Crippen MR) is 47.1 cm³/mol. The van der Waals surface area contributed by atoms with Crippen molar-refractivity contribution in [3.05, 3.63) is 0 Å². The van der Waals surface area contributed by atoms with Crippen molar-refractivity contribution >= 4 is 10.4 Å². The van der Waals surface area contributed by atoms with Gasteiger partial charge in [-0.1, -0.05) is 6.92 Å². The highest BCUT2D eigenvalue weighted by atomic mass is 32.3. The second-order valence-electron chi connectivity index (χ2n) is 2.62. The molecule has 0 aliphatic carbocycles. The summed E-state index contributed by atoms with van der Waals surface area (Å²) >= 11 is 0. The van der Waals surface area contributed by atoms with Crippen LogP contribution in [0.2, 0.25) is 0 Å². The van der Waals surface area contributed by atoms with Gasteiger partial charge in [-0.05, 0) is 12.8 Å². The van der Waals surface area contributed by atoms with Gasteiger partial charge in [-0.3, -0.25) is 9.11 Å². The summed E-state index contributed by atoms with van der Waals surface area (Å²) in [6, 6.07) is 0.165. The van der Waals surface area contributed by atoms with Crippen molar-refractivity contribution in [3.8, 4) is 0 Å². The van der Waals surface area contributed by atoms with Crippen LogP contribution in [0.4, 0.5) is 0 Å². The van der Waals surface area contributed by atoms with E-state index >= 15 is 0 Å². The van der Waals surface area contributed by atoms with Gasteiger partial charge in [-0.25, -0.2) is 5.90 Å². The van der Waals surface area contributed by atoms with Crippen molar-refractivity contribution in [3.63, 3.8) is 0 Å². The van der Waals surface area contributed by atoms with Crippen LogP contribution in [-0.2, 0) is 15.2 Å². The SMILES string of the molecule is CC(N)C(C)CON.O=S(=O)(O)O. The molecule has 82 valence electrons. The second kappa shape index (κ2) is 7.18. The molecule has 0 aliphatic heterocycles. The molecule has 0 rings (SSSR count). The van der Waals surface area contributed by atoms with Gasteiger partial charge in [0.15, 0.2) is 0 Å². The first-order valence-corrected chi connectivity index (χ1v) is 4.85. The normalized spacial score (nSPS) is 15.5. The molecule has 0 amide bonds. The van der Waals surface area contributed by atoms with Gasteiger partial charge in [0.05, 0.1) is 6.61 Å². The lowest BCUT2D eigenvalue weighted by Gasteiger charge is -2.12. The quantitative estimate of drug-likeness (QED) is 0.358. The molecule has 0 saturated carbocycles. The summed E-state index contributed by atoms with van der Waals surface area (Å²) in [5.41, 5.74) is 5.49. The Morgan fingerprint density at radius 1 is 1.38 bits per heavy atom. The fourth-order valence-corrected chi connectivity index (χ4v) is 0.304. The van der Waals surface area contributed by atoms with Crippen LogP contribution in [0.1, 0.15) is 13.8 Å². The third-order valence-electron chi connectivity index (χ3n) is 1.26. The topological polar surface area (TPSA) is 136 Å². The highest BCUT2D eigenvalue weighted by Crippen LogP contribution is 1.97. The summed E-state index contributed by atoms with van der Waals surface area (Å²) in [4.78, 5) is 4.38. The minimum absolute atomic E-state index is 0.165. The predicted octanol–water partition coefficient (Wildman–Crippen LogP) is -0.793. The van der Waals surface area contributed by atoms with E-state index in [9.17, 15) is 0 Å². The molecule has 8 heteroatoms. The average molecular weight is 216 g/mol. The first kappa shape index (κ1) is 15.2. The van der Waals surface area contributed by atoms with E-state index in [4.69, 9.17) is 29.2 Å². The summed E-state index contributed by atoms with van der Waals surface area (Å²) in [5.74, 6) is 5.16. The lowest BCUT2D eigenvalue weighted by molar-refractivity contribution is 0.100. The molecular formula is C5H16N2O5S. The highest BCUT2D eigenvalue weighted by molar-refractivity contribution is 7.79. The van der Waals surface area contributed by atoms with Gasteiger partial charge < -0.3 is 10.6 Å². The third kappa shape index (κ3) is 24.5. The summed E-state index contributed by atoms with van der Waals surface area (Å²) in [5, 5.41) is 0. The van der Waals surface area contributed by atoms with Crippen molar-refractivity contribution in [2.75, 3.05) is 6.61 Å². The minimum Gasteiger partial charge on any atom is -0.328 e. The molecule has 6 N–H and O–H groups in total. The third-order valence-corrected chi connectivity index (χ3v) is 1.26. The van der Waals surface area contributed by atoms with Crippen molar-refractivity contribution in [1.29, 1.82) is 0 Å². The van der Waals surface area contributed by atoms with E-state index in [1.54, 1.807) is 0 Å². The molecule has 0 spiro atoms. The Labute approximate surface area is 77.6 Å². The van der Waals surface area contributed by atoms with Crippen LogP contribution >= 0.6 is 0 Å². The Bertz CT molecular complexity index is 195. The van der Waals surface area contributed by atoms with E-state index in [0.29, 0.717) is 12.5 Å². The average Bonchev–Trinajstić information content (AvgIpc) is 1.84. The zero-order valence-corrected chi connectivity index (χ0v) is 8.36. The Morgan fingerprint density at radius 2 is 1.69 bits per heavy atom. The van der Waals surface area contributed by atoms with Gasteiger partial charge in [0.25, 0.3) is 0 Å². The smallest absolute Gasteiger partial charge is 0.328 e. The monoisotopic (exact) mass is 216 g/mol. The number of hydrogen-bond donors (Lipinski definition) is 4. The van der Waals surface area contributed by atoms with E-state index in [-0.39, 0.29) is 6.04 Å². The fourth-order valence-electron chi connectivity index (χ4n) is 0.304. The molecule has 7 nitrogen and oxygen atoms in total. The minimum atomic E-state index is -4.67. The van der Waals surface area contributed by atoms with E-state index < -0.39 is 10.4 Å². The molecule has 0 aliphatic rings. The molecule has 0 heterocycles. The zero-order valence-electron chi connectivity index (χ0n) is 7.54. The molecule has 0 saturated heterocycles. The number of hydrogen-bond acceptors (Lipinski definition) is 5. The Morgan fingerprint density at radius 3 is 1.77 bits per heavy atom. The van der Waals surface area contributed by atoms with Crippen molar-refractivity contribution in [2.45, 2.75) is 19.9 Å². The number of nitrogens with two attached hydrogens (primary N) is 2. The first-order valence-electron chi connectivity index (χ1n) is 3.45. The van der Waals surface area contributed by atoms with Crippen LogP contribution in [0.3, 0.4) is 0 Å². The maximum absolute atomic E-state index is 8.74. The second-order valence-corrected chi connectivity index (χ2v) is 3.51. The van der Waals surface area contributed by atoms with Crippen LogP contribution in [-0.4, -0.2) is 30.2 Å². The van der Waals surface area contributed by atoms with Gasteiger partial charge in [-0.2, -0.15) is 8.42 Å². The van der Waals surface area contributed by atoms with Crippen LogP contribution in [0, 0.1) is 5.92 Å². The van der Waals surface area contributed by atoms with Gasteiger partial charge in [-0.15, -0.1) is 0 Å². The standard InChI is InChI=1S/C5H14N2O.H2O4S/c1-4(3-8-7)5(2)6;1-5(2,3)4/h4-5H,3,6-7H2,1-2H3;(H2,1,2,3,4). The maximum Gasteiger partial charge on any atom is 0.394 e. The lowest BCUT2D eigenvalue weighted by atomic mass is 10.1. The maximum atomic E-state index is 8.74. The summed E-state index contributed by atoms with van der Waals surface area (Å²) in [6.45, 7) is 4.47. The van der Waals surface area contributed by atoms with Crippen molar-refractivity contribution < 1.29 is 22.4 Å². The van der Waals surface area contributed by atoms with E-state index in [2.05, 4.69) is 4.84 Å². The van der Waals surface area contributed by atoms with Gasteiger partial charge in [0.2, 0.25) is 0 Å². The Kier molecular flexibility index (Phi) is 8.42. The molecule has 0 fully saturated rings. The fraction of sp³-hybridized carbons (Fsp3) is 1.00. The Balaban J connectivity index is 0. The van der Waals surface area contributed by atoms with Crippen LogP contribution < -0.4 is 11.6 Å². The van der Waals surface area contributed by atoms with Crippen molar-refractivity contribution in [1.82, 2.24) is 0 Å². The highest BCUT2D eigenvalue weighted by Gasteiger charge is 2.05. The largest absolute Gasteiger partial charge is 0.394 e. The van der Waals surface area contributed by atoms with Gasteiger partial charge in [0, 0.05) is 6.04 Å². The van der Waals surface area contributed by atoms with Crippen LogP contribution in [0.15, 0.2) is 0 Å². The molecule has 0 aromatic carbocycles. The van der Waals surface area contributed by atoms with E-state index in [0.717, 1.165) is 0 Å². The lowest BCUT2D eigenvalue weighted by Crippen LogP contribution is -2.28. The molecule has 0 radical (unpaired) electrons. The summed E-state index contributed by atoms with van der Waals surface area (Å²) in [6.07, 6.45) is 0. The summed E-state index contributed by atoms with van der Waals surface area (Å²) in [7, 11) is -4.67. The van der Waals surface area contributed by atoms with Crippen LogP contribution in [0.5, 0.6) is 0 Å².